The Bertz CT molecular complexity index is 296. The fourth-order valence-corrected chi connectivity index (χ4v) is 1.30. The zero-order valence-electron chi connectivity index (χ0n) is 5.71. The molecule has 0 unspecified atom stereocenters. The van der Waals surface area contributed by atoms with E-state index in [1.54, 1.807) is 12.4 Å². The Balaban J connectivity index is 3.35. The van der Waals surface area contributed by atoms with Crippen molar-refractivity contribution in [2.45, 2.75) is 0 Å². The topological polar surface area (TPSA) is 49.1 Å². The second-order valence-electron chi connectivity index (χ2n) is 1.86. The minimum atomic E-state index is 0.659. The van der Waals surface area contributed by atoms with Crippen molar-refractivity contribution in [3.63, 3.8) is 0 Å². The Labute approximate surface area is 78.2 Å². The average Bonchev–Trinajstić information content (AvgIpc) is 2.04. The van der Waals surface area contributed by atoms with Crippen molar-refractivity contribution in [2.75, 3.05) is 0 Å². The van der Waals surface area contributed by atoms with E-state index in [4.69, 9.17) is 5.41 Å². The molecule has 0 saturated heterocycles. The predicted molar refractivity (Wildman–Crippen MR) is 54.0 cm³/mol. The van der Waals surface area contributed by atoms with Crippen LogP contribution in [0.5, 0.6) is 0 Å². The normalized spacial score (nSPS) is 9.18. The van der Waals surface area contributed by atoms with E-state index in [-0.39, 0.29) is 0 Å². The third-order valence-corrected chi connectivity index (χ3v) is 2.09. The number of nitrogens with zero attached hydrogens (tertiary/aromatic N) is 2. The average molecular weight is 259 g/mol. The SMILES string of the molecule is C=Nc1cncc(I)c1C=N. The first-order valence-electron chi connectivity index (χ1n) is 2.90. The van der Waals surface area contributed by atoms with E-state index in [0.717, 1.165) is 9.13 Å². The summed E-state index contributed by atoms with van der Waals surface area (Å²) in [5.74, 6) is 0. The van der Waals surface area contributed by atoms with Crippen molar-refractivity contribution in [2.24, 2.45) is 4.99 Å². The van der Waals surface area contributed by atoms with Crippen molar-refractivity contribution in [3.8, 4) is 0 Å². The smallest absolute Gasteiger partial charge is 0.0903 e. The van der Waals surface area contributed by atoms with Gasteiger partial charge in [0.15, 0.2) is 0 Å². The summed E-state index contributed by atoms with van der Waals surface area (Å²) in [6.45, 7) is 3.38. The molecular formula is C7H6IN3. The molecule has 1 aromatic heterocycles. The molecule has 1 rings (SSSR count). The number of aliphatic imine (C=N–C) groups is 1. The number of rotatable bonds is 2. The van der Waals surface area contributed by atoms with Gasteiger partial charge >= 0.3 is 0 Å². The Kier molecular flexibility index (Phi) is 2.70. The Hall–Kier alpha value is -0.780. The molecule has 0 aliphatic rings. The van der Waals surface area contributed by atoms with Crippen LogP contribution < -0.4 is 0 Å². The number of pyridine rings is 1. The van der Waals surface area contributed by atoms with Gasteiger partial charge in [-0.2, -0.15) is 0 Å². The lowest BCUT2D eigenvalue weighted by molar-refractivity contribution is 1.28. The van der Waals surface area contributed by atoms with Crippen molar-refractivity contribution >= 4 is 41.2 Å². The molecule has 0 atom stereocenters. The van der Waals surface area contributed by atoms with Crippen molar-refractivity contribution < 1.29 is 0 Å². The summed E-state index contributed by atoms with van der Waals surface area (Å²) in [5, 5.41) is 7.08. The second kappa shape index (κ2) is 3.56. The first kappa shape index (κ1) is 8.32. The van der Waals surface area contributed by atoms with Crippen LogP contribution in [-0.4, -0.2) is 17.9 Å². The zero-order chi connectivity index (χ0) is 8.27. The Morgan fingerprint density at radius 1 is 1.64 bits per heavy atom. The fourth-order valence-electron chi connectivity index (χ4n) is 0.704. The molecule has 1 heterocycles. The number of hydrogen-bond donors (Lipinski definition) is 1. The fraction of sp³-hybridized carbons (Fsp3) is 0. The maximum atomic E-state index is 7.08. The van der Waals surface area contributed by atoms with Crippen molar-refractivity contribution in [1.82, 2.24) is 4.98 Å². The third-order valence-electron chi connectivity index (χ3n) is 1.23. The lowest BCUT2D eigenvalue weighted by Gasteiger charge is -1.99. The predicted octanol–water partition coefficient (Wildman–Crippen LogP) is 2.02. The van der Waals surface area contributed by atoms with Gasteiger partial charge in [0.05, 0.1) is 11.9 Å². The Morgan fingerprint density at radius 2 is 2.36 bits per heavy atom. The maximum absolute atomic E-state index is 7.08. The lowest BCUT2D eigenvalue weighted by Crippen LogP contribution is -1.87. The molecule has 1 aromatic rings. The Morgan fingerprint density at radius 3 is 2.82 bits per heavy atom. The van der Waals surface area contributed by atoms with Gasteiger partial charge in [0.25, 0.3) is 0 Å². The van der Waals surface area contributed by atoms with Gasteiger partial charge in [0.1, 0.15) is 0 Å². The summed E-state index contributed by atoms with van der Waals surface area (Å²) in [6, 6.07) is 0. The molecule has 0 saturated carbocycles. The van der Waals surface area contributed by atoms with Crippen LogP contribution in [0, 0.1) is 8.98 Å². The van der Waals surface area contributed by atoms with Gasteiger partial charge in [-0.25, -0.2) is 0 Å². The van der Waals surface area contributed by atoms with Crippen LogP contribution in [-0.2, 0) is 0 Å². The van der Waals surface area contributed by atoms with Crippen LogP contribution in [0.2, 0.25) is 0 Å². The highest BCUT2D eigenvalue weighted by Crippen LogP contribution is 2.19. The van der Waals surface area contributed by atoms with Crippen LogP contribution in [0.1, 0.15) is 5.56 Å². The number of nitrogens with one attached hydrogen (secondary N) is 1. The van der Waals surface area contributed by atoms with E-state index in [1.807, 2.05) is 0 Å². The van der Waals surface area contributed by atoms with E-state index < -0.39 is 0 Å². The summed E-state index contributed by atoms with van der Waals surface area (Å²) in [4.78, 5) is 7.65. The van der Waals surface area contributed by atoms with Crippen LogP contribution in [0.4, 0.5) is 5.69 Å². The molecule has 0 fully saturated rings. The number of halogens is 1. The molecule has 0 bridgehead atoms. The first-order chi connectivity index (χ1) is 5.29. The minimum absolute atomic E-state index is 0.659. The molecule has 56 valence electrons. The van der Waals surface area contributed by atoms with E-state index in [2.05, 4.69) is 39.3 Å². The van der Waals surface area contributed by atoms with Crippen LogP contribution in [0.25, 0.3) is 0 Å². The molecule has 0 amide bonds. The van der Waals surface area contributed by atoms with E-state index in [1.165, 1.54) is 6.21 Å². The van der Waals surface area contributed by atoms with Gasteiger partial charge < -0.3 is 5.41 Å². The van der Waals surface area contributed by atoms with Crippen molar-refractivity contribution in [3.05, 3.63) is 21.5 Å². The summed E-state index contributed by atoms with van der Waals surface area (Å²) in [6.07, 6.45) is 4.54. The number of hydrogen-bond acceptors (Lipinski definition) is 3. The maximum Gasteiger partial charge on any atom is 0.0903 e. The highest BCUT2D eigenvalue weighted by molar-refractivity contribution is 14.1. The zero-order valence-corrected chi connectivity index (χ0v) is 7.87. The second-order valence-corrected chi connectivity index (χ2v) is 3.02. The first-order valence-corrected chi connectivity index (χ1v) is 3.98. The quantitative estimate of drug-likeness (QED) is 0.641. The lowest BCUT2D eigenvalue weighted by atomic mass is 10.2. The van der Waals surface area contributed by atoms with E-state index in [9.17, 15) is 0 Å². The molecular weight excluding hydrogens is 253 g/mol. The molecule has 3 nitrogen and oxygen atoms in total. The number of aromatic nitrogens is 1. The van der Waals surface area contributed by atoms with Crippen LogP contribution in [0.3, 0.4) is 0 Å². The molecule has 11 heavy (non-hydrogen) atoms. The largest absolute Gasteiger partial charge is 0.308 e. The minimum Gasteiger partial charge on any atom is -0.308 e. The van der Waals surface area contributed by atoms with Gasteiger partial charge in [0, 0.05) is 21.5 Å². The molecule has 0 radical (unpaired) electrons. The molecule has 0 aliphatic carbocycles. The standard InChI is InChI=1S/C7H6IN3/c1-10-7-4-11-3-6(8)5(7)2-9/h2-4,9H,1H2. The molecule has 0 aromatic carbocycles. The van der Waals surface area contributed by atoms with Crippen LogP contribution in [0.15, 0.2) is 17.4 Å². The molecule has 4 heteroatoms. The summed E-state index contributed by atoms with van der Waals surface area (Å²) < 4.78 is 0.919. The molecule has 0 aliphatic heterocycles. The van der Waals surface area contributed by atoms with E-state index >= 15 is 0 Å². The van der Waals surface area contributed by atoms with Gasteiger partial charge in [-0.05, 0) is 29.3 Å². The van der Waals surface area contributed by atoms with Gasteiger partial charge in [-0.3, -0.25) is 9.98 Å². The molecule has 1 N–H and O–H groups in total. The monoisotopic (exact) mass is 259 g/mol. The van der Waals surface area contributed by atoms with Crippen molar-refractivity contribution in [1.29, 1.82) is 5.41 Å². The highest BCUT2D eigenvalue weighted by atomic mass is 127. The molecule has 0 spiro atoms. The summed E-state index contributed by atoms with van der Waals surface area (Å²) in [7, 11) is 0. The highest BCUT2D eigenvalue weighted by Gasteiger charge is 2.01. The summed E-state index contributed by atoms with van der Waals surface area (Å²) in [5.41, 5.74) is 1.43. The van der Waals surface area contributed by atoms with Gasteiger partial charge in [-0.1, -0.05) is 0 Å². The third kappa shape index (κ3) is 1.62. The summed E-state index contributed by atoms with van der Waals surface area (Å²) >= 11 is 2.11. The van der Waals surface area contributed by atoms with E-state index in [0.29, 0.717) is 5.69 Å². The van der Waals surface area contributed by atoms with Crippen LogP contribution >= 0.6 is 22.6 Å². The van der Waals surface area contributed by atoms with Gasteiger partial charge in [-0.15, -0.1) is 0 Å². The van der Waals surface area contributed by atoms with Gasteiger partial charge in [0.2, 0.25) is 0 Å².